The molecule has 0 bridgehead atoms. The van der Waals surface area contributed by atoms with Crippen LogP contribution in [0.2, 0.25) is 0 Å². The lowest BCUT2D eigenvalue weighted by atomic mass is 10.1. The highest BCUT2D eigenvalue weighted by Gasteiger charge is 2.30. The van der Waals surface area contributed by atoms with Gasteiger partial charge in [-0.15, -0.1) is 0 Å². The van der Waals surface area contributed by atoms with E-state index in [1.807, 2.05) is 6.26 Å². The molecule has 31 heavy (non-hydrogen) atoms. The van der Waals surface area contributed by atoms with Crippen molar-refractivity contribution in [2.75, 3.05) is 12.0 Å². The summed E-state index contributed by atoms with van der Waals surface area (Å²) >= 11 is 1.46. The summed E-state index contributed by atoms with van der Waals surface area (Å²) < 4.78 is 0. The lowest BCUT2D eigenvalue weighted by Crippen LogP contribution is -2.58. The fourth-order valence-corrected chi connectivity index (χ4v) is 2.94. The van der Waals surface area contributed by atoms with Gasteiger partial charge in [-0.25, -0.2) is 4.98 Å². The topological polar surface area (TPSA) is 200 Å². The minimum atomic E-state index is -1.22. The van der Waals surface area contributed by atoms with Gasteiger partial charge in [-0.3, -0.25) is 19.2 Å². The van der Waals surface area contributed by atoms with Crippen LogP contribution in [-0.4, -0.2) is 86.2 Å². The van der Waals surface area contributed by atoms with E-state index in [1.54, 1.807) is 0 Å². The second-order valence-corrected chi connectivity index (χ2v) is 8.01. The van der Waals surface area contributed by atoms with Crippen LogP contribution >= 0.6 is 11.8 Å². The molecule has 0 fully saturated rings. The zero-order valence-electron chi connectivity index (χ0n) is 17.6. The molecule has 13 heteroatoms. The van der Waals surface area contributed by atoms with Crippen molar-refractivity contribution in [2.24, 2.45) is 5.73 Å². The Balaban J connectivity index is 2.97. The number of hydrogen-bond acceptors (Lipinski definition) is 8. The molecule has 0 saturated heterocycles. The van der Waals surface area contributed by atoms with Gasteiger partial charge in [0, 0.05) is 18.3 Å². The molecular weight excluding hydrogens is 428 g/mol. The first-order chi connectivity index (χ1) is 14.6. The number of thioether (sulfide) groups is 1. The first kappa shape index (κ1) is 26.4. The van der Waals surface area contributed by atoms with Crippen molar-refractivity contribution in [1.29, 1.82) is 0 Å². The fourth-order valence-electron chi connectivity index (χ4n) is 2.47. The van der Waals surface area contributed by atoms with Crippen molar-refractivity contribution in [1.82, 2.24) is 25.9 Å². The van der Waals surface area contributed by atoms with Gasteiger partial charge in [0.2, 0.25) is 17.7 Å². The Morgan fingerprint density at radius 2 is 1.74 bits per heavy atom. The molecule has 0 aliphatic carbocycles. The van der Waals surface area contributed by atoms with Crippen LogP contribution in [0.5, 0.6) is 0 Å². The summed E-state index contributed by atoms with van der Waals surface area (Å²) in [5.41, 5.74) is 6.18. The van der Waals surface area contributed by atoms with E-state index in [0.29, 0.717) is 11.4 Å². The van der Waals surface area contributed by atoms with Crippen LogP contribution in [0.25, 0.3) is 0 Å². The highest BCUT2D eigenvalue weighted by atomic mass is 32.2. The number of aromatic nitrogens is 2. The second kappa shape index (κ2) is 12.9. The Morgan fingerprint density at radius 1 is 1.13 bits per heavy atom. The first-order valence-corrected chi connectivity index (χ1v) is 11.0. The highest BCUT2D eigenvalue weighted by Crippen LogP contribution is 2.05. The van der Waals surface area contributed by atoms with Crippen LogP contribution in [0.3, 0.4) is 0 Å². The average molecular weight is 459 g/mol. The molecule has 8 N–H and O–H groups in total. The summed E-state index contributed by atoms with van der Waals surface area (Å²) in [7, 11) is 0. The van der Waals surface area contributed by atoms with Crippen LogP contribution < -0.4 is 21.7 Å². The molecule has 0 radical (unpaired) electrons. The summed E-state index contributed by atoms with van der Waals surface area (Å²) in [6.45, 7) is 2.66. The number of rotatable bonds is 13. The van der Waals surface area contributed by atoms with Gasteiger partial charge < -0.3 is 36.9 Å². The molecule has 1 aromatic heterocycles. The van der Waals surface area contributed by atoms with Crippen molar-refractivity contribution >= 4 is 35.5 Å². The van der Waals surface area contributed by atoms with Crippen LogP contribution in [0.15, 0.2) is 12.5 Å². The summed E-state index contributed by atoms with van der Waals surface area (Å²) in [5, 5.41) is 25.9. The largest absolute Gasteiger partial charge is 0.480 e. The van der Waals surface area contributed by atoms with Gasteiger partial charge in [0.1, 0.15) is 24.2 Å². The number of carbonyl (C=O) groups is 4. The molecule has 1 rings (SSSR count). The Kier molecular flexibility index (Phi) is 11.0. The molecule has 0 saturated carbocycles. The number of aliphatic hydroxyl groups is 1. The normalized spacial score (nSPS) is 15.8. The van der Waals surface area contributed by atoms with E-state index in [2.05, 4.69) is 25.9 Å². The molecule has 0 aliphatic rings. The predicted molar refractivity (Wildman–Crippen MR) is 114 cm³/mol. The molecule has 12 nitrogen and oxygen atoms in total. The molecular formula is C18H30N6O6S. The van der Waals surface area contributed by atoms with E-state index in [9.17, 15) is 24.3 Å². The monoisotopic (exact) mass is 458 g/mol. The number of aliphatic carboxylic acids is 1. The van der Waals surface area contributed by atoms with Gasteiger partial charge in [-0.1, -0.05) is 0 Å². The number of carboxylic acids is 1. The number of nitrogens with zero attached hydrogens (tertiary/aromatic N) is 1. The fraction of sp³-hybridized carbons (Fsp3) is 0.611. The maximum Gasteiger partial charge on any atom is 0.325 e. The SMILES string of the molecule is CSCCC(NC(=O)C(N)C(C)O)C(=O)NC(Cc1cnc[nH]1)C(=O)NC(C)C(=O)O. The Labute approximate surface area is 184 Å². The third-order valence-corrected chi connectivity index (χ3v) is 5.05. The zero-order chi connectivity index (χ0) is 23.6. The molecule has 0 aliphatic heterocycles. The van der Waals surface area contributed by atoms with Crippen LogP contribution in [0, 0.1) is 0 Å². The van der Waals surface area contributed by atoms with E-state index in [1.165, 1.54) is 38.1 Å². The summed E-state index contributed by atoms with van der Waals surface area (Å²) in [4.78, 5) is 55.4. The number of imidazole rings is 1. The van der Waals surface area contributed by atoms with Crippen molar-refractivity contribution < 1.29 is 29.4 Å². The number of nitrogens with two attached hydrogens (primary N) is 1. The first-order valence-electron chi connectivity index (χ1n) is 9.60. The molecule has 0 aromatic carbocycles. The maximum atomic E-state index is 12.9. The quantitative estimate of drug-likeness (QED) is 0.174. The third-order valence-electron chi connectivity index (χ3n) is 4.41. The third kappa shape index (κ3) is 8.94. The molecule has 1 heterocycles. The number of carbonyl (C=O) groups excluding carboxylic acids is 3. The van der Waals surface area contributed by atoms with Crippen molar-refractivity contribution in [3.8, 4) is 0 Å². The maximum absolute atomic E-state index is 12.9. The minimum Gasteiger partial charge on any atom is -0.480 e. The van der Waals surface area contributed by atoms with Gasteiger partial charge in [0.15, 0.2) is 0 Å². The Bertz CT molecular complexity index is 744. The van der Waals surface area contributed by atoms with Gasteiger partial charge >= 0.3 is 5.97 Å². The number of carboxylic acid groups (broad SMARTS) is 1. The minimum absolute atomic E-state index is 0.0281. The van der Waals surface area contributed by atoms with Crippen molar-refractivity contribution in [2.45, 2.75) is 57.0 Å². The predicted octanol–water partition coefficient (Wildman–Crippen LogP) is -2.03. The highest BCUT2D eigenvalue weighted by molar-refractivity contribution is 7.98. The molecule has 0 spiro atoms. The number of aromatic amines is 1. The Morgan fingerprint density at radius 3 is 2.26 bits per heavy atom. The van der Waals surface area contributed by atoms with Gasteiger partial charge in [0.25, 0.3) is 0 Å². The van der Waals surface area contributed by atoms with E-state index in [-0.39, 0.29) is 12.8 Å². The zero-order valence-corrected chi connectivity index (χ0v) is 18.4. The number of H-pyrrole nitrogens is 1. The van der Waals surface area contributed by atoms with E-state index in [4.69, 9.17) is 10.8 Å². The lowest BCUT2D eigenvalue weighted by Gasteiger charge is -2.25. The van der Waals surface area contributed by atoms with E-state index in [0.717, 1.165) is 0 Å². The molecule has 1 aromatic rings. The van der Waals surface area contributed by atoms with Crippen molar-refractivity contribution in [3.05, 3.63) is 18.2 Å². The summed E-state index contributed by atoms with van der Waals surface area (Å²) in [6.07, 6.45) is 3.89. The molecule has 3 amide bonds. The van der Waals surface area contributed by atoms with E-state index < -0.39 is 54.0 Å². The van der Waals surface area contributed by atoms with Gasteiger partial charge in [-0.05, 0) is 32.3 Å². The second-order valence-electron chi connectivity index (χ2n) is 7.02. The average Bonchev–Trinajstić information content (AvgIpc) is 3.22. The Hall–Kier alpha value is -2.64. The summed E-state index contributed by atoms with van der Waals surface area (Å²) in [5.74, 6) is -2.73. The van der Waals surface area contributed by atoms with Crippen LogP contribution in [0.4, 0.5) is 0 Å². The molecule has 5 unspecified atom stereocenters. The smallest absolute Gasteiger partial charge is 0.325 e. The van der Waals surface area contributed by atoms with Crippen LogP contribution in [-0.2, 0) is 25.6 Å². The van der Waals surface area contributed by atoms with Crippen LogP contribution in [0.1, 0.15) is 26.0 Å². The van der Waals surface area contributed by atoms with Gasteiger partial charge in [0.05, 0.1) is 12.4 Å². The summed E-state index contributed by atoms with van der Waals surface area (Å²) in [6, 6.07) is -4.50. The molecule has 5 atom stereocenters. The number of nitrogens with one attached hydrogen (secondary N) is 4. The number of aliphatic hydroxyl groups excluding tert-OH is 1. The number of hydrogen-bond donors (Lipinski definition) is 7. The lowest BCUT2D eigenvalue weighted by molar-refractivity contribution is -0.141. The van der Waals surface area contributed by atoms with Gasteiger partial charge in [-0.2, -0.15) is 11.8 Å². The number of amides is 3. The van der Waals surface area contributed by atoms with Crippen molar-refractivity contribution in [3.63, 3.8) is 0 Å². The standard InChI is InChI=1S/C18H30N6O6S/c1-9(18(29)30)22-16(27)13(6-11-7-20-8-21-11)24-15(26)12(4-5-31-3)23-17(28)14(19)10(2)25/h7-10,12-14,25H,4-6,19H2,1-3H3,(H,20,21)(H,22,27)(H,23,28)(H,24,26)(H,29,30). The van der Waals surface area contributed by atoms with E-state index >= 15 is 0 Å². The molecule has 174 valence electrons.